The molecule has 7 nitrogen and oxygen atoms in total. The number of hydrazone groups is 1. The molecule has 8 heteroatoms. The molecule has 4 aromatic rings. The average Bonchev–Trinajstić information content (AvgIpc) is 3.58. The molecule has 0 spiro atoms. The van der Waals surface area contributed by atoms with Gasteiger partial charge in [-0.2, -0.15) is 5.10 Å². The summed E-state index contributed by atoms with van der Waals surface area (Å²) in [5.41, 5.74) is 3.64. The van der Waals surface area contributed by atoms with Gasteiger partial charge in [0.25, 0.3) is 5.91 Å². The summed E-state index contributed by atoms with van der Waals surface area (Å²) >= 11 is 1.62. The summed E-state index contributed by atoms with van der Waals surface area (Å²) in [4.78, 5) is 18.9. The number of para-hydroxylation sites is 2. The zero-order chi connectivity index (χ0) is 22.1. The molecule has 2 aromatic carbocycles. The summed E-state index contributed by atoms with van der Waals surface area (Å²) in [5, 5.41) is 8.37. The van der Waals surface area contributed by atoms with Crippen LogP contribution < -0.4 is 9.47 Å². The van der Waals surface area contributed by atoms with Crippen molar-refractivity contribution in [2.45, 2.75) is 19.0 Å². The van der Waals surface area contributed by atoms with Gasteiger partial charge < -0.3 is 14.0 Å². The van der Waals surface area contributed by atoms with Crippen LogP contribution in [-0.2, 0) is 11.3 Å². The summed E-state index contributed by atoms with van der Waals surface area (Å²) in [6.45, 7) is 0.158. The van der Waals surface area contributed by atoms with Crippen LogP contribution in [0, 0.1) is 0 Å². The van der Waals surface area contributed by atoms with Crippen LogP contribution in [0.3, 0.4) is 0 Å². The molecule has 3 heterocycles. The van der Waals surface area contributed by atoms with Crippen LogP contribution in [0.4, 0.5) is 0 Å². The third kappa shape index (κ3) is 3.62. The number of benzene rings is 2. The maximum Gasteiger partial charge on any atom is 0.263 e. The molecule has 1 atom stereocenters. The molecular formula is C24H22N4O3S. The summed E-state index contributed by atoms with van der Waals surface area (Å²) in [6, 6.07) is 17.3. The topological polar surface area (TPSA) is 69.0 Å². The van der Waals surface area contributed by atoms with E-state index < -0.39 is 0 Å². The van der Waals surface area contributed by atoms with Crippen molar-refractivity contribution in [2.75, 3.05) is 14.2 Å². The van der Waals surface area contributed by atoms with E-state index in [0.717, 1.165) is 27.2 Å². The van der Waals surface area contributed by atoms with E-state index >= 15 is 0 Å². The van der Waals surface area contributed by atoms with E-state index in [9.17, 15) is 4.79 Å². The third-order valence-corrected chi connectivity index (χ3v) is 6.52. The number of hydrogen-bond donors (Lipinski definition) is 0. The van der Waals surface area contributed by atoms with Crippen molar-refractivity contribution < 1.29 is 14.3 Å². The summed E-state index contributed by atoms with van der Waals surface area (Å²) in [6.07, 6.45) is 2.33. The number of aromatic nitrogens is 2. The number of hydrogen-bond acceptors (Lipinski definition) is 6. The minimum absolute atomic E-state index is 0.0977. The van der Waals surface area contributed by atoms with Crippen LogP contribution in [0.25, 0.3) is 11.0 Å². The number of thiophene rings is 1. The summed E-state index contributed by atoms with van der Waals surface area (Å²) in [7, 11) is 3.22. The van der Waals surface area contributed by atoms with E-state index in [4.69, 9.17) is 14.6 Å². The second kappa shape index (κ2) is 8.47. The smallest absolute Gasteiger partial charge is 0.263 e. The maximum absolute atomic E-state index is 13.5. The lowest BCUT2D eigenvalue weighted by Gasteiger charge is -2.23. The van der Waals surface area contributed by atoms with Crippen LogP contribution >= 0.6 is 11.3 Å². The van der Waals surface area contributed by atoms with Crippen LogP contribution in [0.1, 0.15) is 22.9 Å². The van der Waals surface area contributed by atoms with E-state index in [1.807, 2.05) is 64.5 Å². The largest absolute Gasteiger partial charge is 0.493 e. The van der Waals surface area contributed by atoms with Crippen LogP contribution in [-0.4, -0.2) is 40.4 Å². The van der Waals surface area contributed by atoms with Crippen molar-refractivity contribution in [3.05, 3.63) is 76.7 Å². The Kier molecular flexibility index (Phi) is 5.36. The monoisotopic (exact) mass is 446 g/mol. The molecular weight excluding hydrogens is 424 g/mol. The first kappa shape index (κ1) is 20.3. The Labute approximate surface area is 189 Å². The Morgan fingerprint density at radius 1 is 1.09 bits per heavy atom. The molecule has 1 unspecified atom stereocenters. The molecule has 5 rings (SSSR count). The van der Waals surface area contributed by atoms with E-state index in [1.54, 1.807) is 36.9 Å². The Morgan fingerprint density at radius 3 is 2.72 bits per heavy atom. The third-order valence-electron chi connectivity index (χ3n) is 5.60. The number of amides is 1. The van der Waals surface area contributed by atoms with Gasteiger partial charge in [0, 0.05) is 6.42 Å². The number of ether oxygens (including phenoxy) is 2. The van der Waals surface area contributed by atoms with Crippen molar-refractivity contribution in [3.8, 4) is 11.5 Å². The van der Waals surface area contributed by atoms with Gasteiger partial charge in [0.15, 0.2) is 11.5 Å². The van der Waals surface area contributed by atoms with Gasteiger partial charge in [0.1, 0.15) is 6.54 Å². The van der Waals surface area contributed by atoms with Crippen LogP contribution in [0.2, 0.25) is 0 Å². The zero-order valence-corrected chi connectivity index (χ0v) is 18.6. The molecule has 1 aliphatic rings. The average molecular weight is 447 g/mol. The highest BCUT2D eigenvalue weighted by Crippen LogP contribution is 2.38. The number of fused-ring (bicyclic) bond motifs is 1. The molecule has 1 amide bonds. The lowest BCUT2D eigenvalue weighted by Crippen LogP contribution is -2.30. The quantitative estimate of drug-likeness (QED) is 0.438. The van der Waals surface area contributed by atoms with Gasteiger partial charge in [-0.05, 0) is 41.3 Å². The molecule has 0 radical (unpaired) electrons. The normalized spacial score (nSPS) is 15.8. The minimum atomic E-state index is -0.228. The molecule has 32 heavy (non-hydrogen) atoms. The predicted octanol–water partition coefficient (Wildman–Crippen LogP) is 4.49. The van der Waals surface area contributed by atoms with Crippen molar-refractivity contribution in [3.63, 3.8) is 0 Å². The second-order valence-electron chi connectivity index (χ2n) is 7.46. The number of nitrogens with zero attached hydrogens (tertiary/aromatic N) is 4. The Balaban J connectivity index is 1.49. The summed E-state index contributed by atoms with van der Waals surface area (Å²) in [5.74, 6) is 1.18. The number of methoxy groups -OCH3 is 2. The number of carbonyl (C=O) groups is 1. The van der Waals surface area contributed by atoms with Crippen molar-refractivity contribution in [2.24, 2.45) is 5.10 Å². The molecule has 162 valence electrons. The molecule has 1 aliphatic heterocycles. The fourth-order valence-electron chi connectivity index (χ4n) is 4.01. The Hall–Kier alpha value is -3.65. The van der Waals surface area contributed by atoms with E-state index in [-0.39, 0.29) is 18.5 Å². The van der Waals surface area contributed by atoms with Crippen LogP contribution in [0.5, 0.6) is 11.5 Å². The molecule has 0 N–H and O–H groups in total. The highest BCUT2D eigenvalue weighted by Gasteiger charge is 2.34. The van der Waals surface area contributed by atoms with E-state index in [2.05, 4.69) is 4.98 Å². The fourth-order valence-corrected chi connectivity index (χ4v) is 4.73. The standard InChI is InChI=1S/C24H22N4O3S/c1-30-21-10-9-16(12-22(21)31-2)20-13-18(23-8-5-11-32-23)26-28(20)24(29)14-27-15-25-17-6-3-4-7-19(17)27/h3-12,15,20H,13-14H2,1-2H3. The Morgan fingerprint density at radius 2 is 1.94 bits per heavy atom. The Bertz CT molecular complexity index is 1300. The van der Waals surface area contributed by atoms with Gasteiger partial charge in [0.2, 0.25) is 0 Å². The number of rotatable bonds is 6. The van der Waals surface area contributed by atoms with Gasteiger partial charge >= 0.3 is 0 Å². The van der Waals surface area contributed by atoms with Gasteiger partial charge in [-0.25, -0.2) is 9.99 Å². The van der Waals surface area contributed by atoms with Crippen LogP contribution in [0.15, 0.2) is 71.4 Å². The van der Waals surface area contributed by atoms with E-state index in [0.29, 0.717) is 17.9 Å². The van der Waals surface area contributed by atoms with Crippen molar-refractivity contribution in [1.29, 1.82) is 0 Å². The molecule has 0 saturated heterocycles. The molecule has 0 aliphatic carbocycles. The van der Waals surface area contributed by atoms with Gasteiger partial charge in [-0.3, -0.25) is 4.79 Å². The fraction of sp³-hybridized carbons (Fsp3) is 0.208. The minimum Gasteiger partial charge on any atom is -0.493 e. The zero-order valence-electron chi connectivity index (χ0n) is 17.8. The van der Waals surface area contributed by atoms with Gasteiger partial charge in [-0.1, -0.05) is 24.3 Å². The SMILES string of the molecule is COc1ccc(C2CC(c3cccs3)=NN2C(=O)Cn2cnc3ccccc32)cc1OC. The first-order chi connectivity index (χ1) is 15.7. The molecule has 2 aromatic heterocycles. The summed E-state index contributed by atoms with van der Waals surface area (Å²) < 4.78 is 12.7. The van der Waals surface area contributed by atoms with Crippen molar-refractivity contribution in [1.82, 2.24) is 14.6 Å². The first-order valence-corrected chi connectivity index (χ1v) is 11.1. The molecule has 0 bridgehead atoms. The van der Waals surface area contributed by atoms with Gasteiger partial charge in [-0.15, -0.1) is 11.3 Å². The maximum atomic E-state index is 13.5. The van der Waals surface area contributed by atoms with Crippen molar-refractivity contribution >= 4 is 34.0 Å². The lowest BCUT2D eigenvalue weighted by atomic mass is 10.0. The lowest BCUT2D eigenvalue weighted by molar-refractivity contribution is -0.133. The second-order valence-corrected chi connectivity index (χ2v) is 8.41. The number of imidazole rings is 1. The first-order valence-electron chi connectivity index (χ1n) is 10.2. The van der Waals surface area contributed by atoms with Gasteiger partial charge in [0.05, 0.1) is 48.2 Å². The van der Waals surface area contributed by atoms with E-state index in [1.165, 1.54) is 0 Å². The highest BCUT2D eigenvalue weighted by atomic mass is 32.1. The molecule has 0 saturated carbocycles. The number of carbonyl (C=O) groups excluding carboxylic acids is 1. The predicted molar refractivity (Wildman–Crippen MR) is 124 cm³/mol. The molecule has 0 fully saturated rings. The highest BCUT2D eigenvalue weighted by molar-refractivity contribution is 7.12.